The zero-order chi connectivity index (χ0) is 14.3. The number of hydrogen-bond donors (Lipinski definition) is 1. The maximum absolute atomic E-state index is 11.7. The van der Waals surface area contributed by atoms with Gasteiger partial charge in [0.15, 0.2) is 0 Å². The lowest BCUT2D eigenvalue weighted by Gasteiger charge is -2.06. The molecule has 0 aromatic carbocycles. The van der Waals surface area contributed by atoms with Crippen molar-refractivity contribution in [3.05, 3.63) is 36.1 Å². The van der Waals surface area contributed by atoms with Gasteiger partial charge in [-0.1, -0.05) is 18.2 Å². The number of aryl methyl sites for hydroxylation is 1. The van der Waals surface area contributed by atoms with Crippen molar-refractivity contribution in [3.63, 3.8) is 0 Å². The van der Waals surface area contributed by atoms with Gasteiger partial charge in [0.1, 0.15) is 11.4 Å². The molecule has 0 radical (unpaired) electrons. The van der Waals surface area contributed by atoms with E-state index in [1.807, 2.05) is 6.92 Å². The molecule has 0 fully saturated rings. The summed E-state index contributed by atoms with van der Waals surface area (Å²) in [5.41, 5.74) is 0.233. The SMILES string of the molecule is C/C=C/C=C/C(=O)Nc1c(C(=O)OCC)cnn1C. The lowest BCUT2D eigenvalue weighted by molar-refractivity contribution is -0.111. The average molecular weight is 263 g/mol. The van der Waals surface area contributed by atoms with E-state index < -0.39 is 5.97 Å². The van der Waals surface area contributed by atoms with Gasteiger partial charge < -0.3 is 10.1 Å². The molecule has 0 atom stereocenters. The summed E-state index contributed by atoms with van der Waals surface area (Å²) in [6, 6.07) is 0. The molecule has 19 heavy (non-hydrogen) atoms. The van der Waals surface area contributed by atoms with Gasteiger partial charge in [0.25, 0.3) is 0 Å². The van der Waals surface area contributed by atoms with Crippen LogP contribution >= 0.6 is 0 Å². The topological polar surface area (TPSA) is 73.2 Å². The Morgan fingerprint density at radius 3 is 2.84 bits per heavy atom. The Bertz CT molecular complexity index is 515. The summed E-state index contributed by atoms with van der Waals surface area (Å²) < 4.78 is 6.30. The van der Waals surface area contributed by atoms with Gasteiger partial charge in [-0.15, -0.1) is 0 Å². The van der Waals surface area contributed by atoms with Crippen LogP contribution in [-0.4, -0.2) is 28.3 Å². The second kappa shape index (κ2) is 7.15. The number of ether oxygens (including phenoxy) is 1. The first-order chi connectivity index (χ1) is 9.10. The highest BCUT2D eigenvalue weighted by atomic mass is 16.5. The van der Waals surface area contributed by atoms with Crippen LogP contribution in [0, 0.1) is 0 Å². The van der Waals surface area contributed by atoms with E-state index in [9.17, 15) is 9.59 Å². The van der Waals surface area contributed by atoms with E-state index in [-0.39, 0.29) is 18.1 Å². The zero-order valence-corrected chi connectivity index (χ0v) is 11.2. The molecule has 0 bridgehead atoms. The first-order valence-electron chi connectivity index (χ1n) is 5.89. The van der Waals surface area contributed by atoms with E-state index in [2.05, 4.69) is 10.4 Å². The van der Waals surface area contributed by atoms with Gasteiger partial charge in [0.2, 0.25) is 5.91 Å². The van der Waals surface area contributed by atoms with Crippen LogP contribution in [0.3, 0.4) is 0 Å². The Kier molecular flexibility index (Phi) is 5.53. The summed E-state index contributed by atoms with van der Waals surface area (Å²) in [6.45, 7) is 3.83. The number of aromatic nitrogens is 2. The van der Waals surface area contributed by atoms with Crippen LogP contribution < -0.4 is 5.32 Å². The fourth-order valence-electron chi connectivity index (χ4n) is 1.36. The third-order valence-corrected chi connectivity index (χ3v) is 2.23. The van der Waals surface area contributed by atoms with Gasteiger partial charge in [-0.05, 0) is 13.8 Å². The average Bonchev–Trinajstić information content (AvgIpc) is 2.72. The second-order valence-corrected chi connectivity index (χ2v) is 3.63. The lowest BCUT2D eigenvalue weighted by Crippen LogP contribution is -2.15. The van der Waals surface area contributed by atoms with Crippen molar-refractivity contribution in [2.45, 2.75) is 13.8 Å². The summed E-state index contributed by atoms with van der Waals surface area (Å²) >= 11 is 0. The standard InChI is InChI=1S/C13H17N3O3/c1-4-6-7-8-11(17)15-12-10(9-14-16(12)3)13(18)19-5-2/h4,6-9H,5H2,1-3H3,(H,15,17)/b6-4+,8-7+. The van der Waals surface area contributed by atoms with Crippen LogP contribution in [0.4, 0.5) is 5.82 Å². The number of allylic oxidation sites excluding steroid dienone is 3. The number of carbonyl (C=O) groups excluding carboxylic acids is 2. The molecule has 6 nitrogen and oxygen atoms in total. The predicted octanol–water partition coefficient (Wildman–Crippen LogP) is 1.67. The van der Waals surface area contributed by atoms with Gasteiger partial charge >= 0.3 is 5.97 Å². The van der Waals surface area contributed by atoms with Gasteiger partial charge in [-0.3, -0.25) is 9.48 Å². The Morgan fingerprint density at radius 1 is 1.47 bits per heavy atom. The monoisotopic (exact) mass is 263 g/mol. The minimum absolute atomic E-state index is 0.233. The number of hydrogen-bond acceptors (Lipinski definition) is 4. The third kappa shape index (κ3) is 4.09. The molecule has 0 saturated carbocycles. The van der Waals surface area contributed by atoms with Crippen molar-refractivity contribution >= 4 is 17.7 Å². The Morgan fingerprint density at radius 2 is 2.21 bits per heavy atom. The first kappa shape index (κ1) is 14.7. The fourth-order valence-corrected chi connectivity index (χ4v) is 1.36. The molecule has 1 rings (SSSR count). The molecule has 1 N–H and O–H groups in total. The first-order valence-corrected chi connectivity index (χ1v) is 5.89. The Balaban J connectivity index is 2.85. The van der Waals surface area contributed by atoms with Gasteiger partial charge in [-0.25, -0.2) is 4.79 Å². The molecule has 0 aliphatic heterocycles. The molecule has 0 aliphatic carbocycles. The van der Waals surface area contributed by atoms with Gasteiger partial charge in [0, 0.05) is 13.1 Å². The maximum Gasteiger partial charge on any atom is 0.343 e. The number of amides is 1. The third-order valence-electron chi connectivity index (χ3n) is 2.23. The highest BCUT2D eigenvalue weighted by molar-refractivity contribution is 6.04. The highest BCUT2D eigenvalue weighted by Gasteiger charge is 2.18. The summed E-state index contributed by atoms with van der Waals surface area (Å²) in [4.78, 5) is 23.3. The van der Waals surface area contributed by atoms with Gasteiger partial charge in [-0.2, -0.15) is 5.10 Å². The van der Waals surface area contributed by atoms with E-state index >= 15 is 0 Å². The van der Waals surface area contributed by atoms with Crippen molar-refractivity contribution in [3.8, 4) is 0 Å². The lowest BCUT2D eigenvalue weighted by atomic mass is 10.3. The van der Waals surface area contributed by atoms with Crippen LogP contribution in [0.1, 0.15) is 24.2 Å². The fraction of sp³-hybridized carbons (Fsp3) is 0.308. The second-order valence-electron chi connectivity index (χ2n) is 3.63. The molecule has 0 unspecified atom stereocenters. The van der Waals surface area contributed by atoms with Crippen molar-refractivity contribution in [2.24, 2.45) is 7.05 Å². The van der Waals surface area contributed by atoms with Crippen LogP contribution in [0.2, 0.25) is 0 Å². The number of esters is 1. The van der Waals surface area contributed by atoms with Crippen molar-refractivity contribution in [1.82, 2.24) is 9.78 Å². The smallest absolute Gasteiger partial charge is 0.343 e. The Hall–Kier alpha value is -2.37. The Labute approximate surface area is 111 Å². The molecular weight excluding hydrogens is 246 g/mol. The van der Waals surface area contributed by atoms with E-state index in [1.165, 1.54) is 17.0 Å². The van der Waals surface area contributed by atoms with Crippen LogP contribution in [0.15, 0.2) is 30.5 Å². The number of nitrogens with zero attached hydrogens (tertiary/aromatic N) is 2. The molecule has 0 spiro atoms. The minimum atomic E-state index is -0.511. The highest BCUT2D eigenvalue weighted by Crippen LogP contribution is 2.15. The van der Waals surface area contributed by atoms with Crippen molar-refractivity contribution < 1.29 is 14.3 Å². The summed E-state index contributed by atoms with van der Waals surface area (Å²) in [5, 5.41) is 6.53. The summed E-state index contributed by atoms with van der Waals surface area (Å²) in [7, 11) is 1.63. The predicted molar refractivity (Wildman–Crippen MR) is 71.7 cm³/mol. The van der Waals surface area contributed by atoms with Crippen LogP contribution in [0.25, 0.3) is 0 Å². The van der Waals surface area contributed by atoms with E-state index in [4.69, 9.17) is 4.74 Å². The van der Waals surface area contributed by atoms with E-state index in [0.717, 1.165) is 0 Å². The van der Waals surface area contributed by atoms with Crippen LogP contribution in [0.5, 0.6) is 0 Å². The molecule has 102 valence electrons. The normalized spacial score (nSPS) is 11.1. The van der Waals surface area contributed by atoms with Crippen LogP contribution in [-0.2, 0) is 16.6 Å². The minimum Gasteiger partial charge on any atom is -0.462 e. The molecule has 0 aliphatic rings. The number of carbonyl (C=O) groups is 2. The molecule has 1 aromatic heterocycles. The summed E-state index contributed by atoms with van der Waals surface area (Å²) in [6.07, 6.45) is 7.87. The van der Waals surface area contributed by atoms with Crippen molar-refractivity contribution in [1.29, 1.82) is 0 Å². The maximum atomic E-state index is 11.7. The largest absolute Gasteiger partial charge is 0.462 e. The molecule has 0 saturated heterocycles. The van der Waals surface area contributed by atoms with E-state index in [1.54, 1.807) is 32.2 Å². The van der Waals surface area contributed by atoms with Gasteiger partial charge in [0.05, 0.1) is 12.8 Å². The van der Waals surface area contributed by atoms with Crippen molar-refractivity contribution in [2.75, 3.05) is 11.9 Å². The quantitative estimate of drug-likeness (QED) is 0.498. The van der Waals surface area contributed by atoms with E-state index in [0.29, 0.717) is 5.82 Å². The molecule has 6 heteroatoms. The molecular formula is C13H17N3O3. The number of nitrogens with one attached hydrogen (secondary N) is 1. The number of anilines is 1. The summed E-state index contributed by atoms with van der Waals surface area (Å²) in [5.74, 6) is -0.538. The molecule has 1 amide bonds. The zero-order valence-electron chi connectivity index (χ0n) is 11.2. The number of rotatable bonds is 5. The molecule has 1 heterocycles. The molecule has 1 aromatic rings.